The van der Waals surface area contributed by atoms with E-state index in [-0.39, 0.29) is 42.0 Å². The molecule has 0 heterocycles. The van der Waals surface area contributed by atoms with Crippen molar-refractivity contribution in [2.75, 3.05) is 38.1 Å². The van der Waals surface area contributed by atoms with Gasteiger partial charge < -0.3 is 20.9 Å². The summed E-state index contributed by atoms with van der Waals surface area (Å²) in [6, 6.07) is 8.49. The van der Waals surface area contributed by atoms with Crippen LogP contribution in [0.4, 0.5) is 5.69 Å². The van der Waals surface area contributed by atoms with Crippen LogP contribution in [0.1, 0.15) is 33.3 Å². The molecular weight excluding hydrogens is 441 g/mol. The Morgan fingerprint density at radius 1 is 1.23 bits per heavy atom. The number of amides is 1. The van der Waals surface area contributed by atoms with Crippen molar-refractivity contribution >= 4 is 41.5 Å². The summed E-state index contributed by atoms with van der Waals surface area (Å²) < 4.78 is 0. The zero-order valence-corrected chi connectivity index (χ0v) is 19.2. The topological polar surface area (TPSA) is 68.8 Å². The van der Waals surface area contributed by atoms with E-state index in [0.29, 0.717) is 5.96 Å². The smallest absolute Gasteiger partial charge is 0.239 e. The Bertz CT molecular complexity index is 584. The van der Waals surface area contributed by atoms with Crippen molar-refractivity contribution in [3.05, 3.63) is 29.8 Å². The Morgan fingerprint density at radius 3 is 2.46 bits per heavy atom. The molecule has 6 nitrogen and oxygen atoms in total. The summed E-state index contributed by atoms with van der Waals surface area (Å²) in [6.45, 7) is 12.9. The molecule has 26 heavy (non-hydrogen) atoms. The molecule has 1 aromatic rings. The van der Waals surface area contributed by atoms with Crippen molar-refractivity contribution in [1.82, 2.24) is 16.0 Å². The molecular formula is C19H34IN5O. The monoisotopic (exact) mass is 475 g/mol. The maximum atomic E-state index is 11.9. The van der Waals surface area contributed by atoms with E-state index < -0.39 is 0 Å². The summed E-state index contributed by atoms with van der Waals surface area (Å²) in [7, 11) is 1.70. The summed E-state index contributed by atoms with van der Waals surface area (Å²) in [4.78, 5) is 18.3. The fraction of sp³-hybridized carbons (Fsp3) is 0.579. The Morgan fingerprint density at radius 2 is 1.92 bits per heavy atom. The van der Waals surface area contributed by atoms with E-state index in [0.717, 1.165) is 19.6 Å². The zero-order chi connectivity index (χ0) is 18.9. The first-order valence-electron chi connectivity index (χ1n) is 8.82. The van der Waals surface area contributed by atoms with Crippen molar-refractivity contribution in [3.8, 4) is 0 Å². The highest BCUT2D eigenvalue weighted by molar-refractivity contribution is 14.0. The number of hydrogen-bond acceptors (Lipinski definition) is 3. The molecule has 3 N–H and O–H groups in total. The molecule has 0 aromatic heterocycles. The SMILES string of the molecule is CCN(CCNC(=NC)NCC(=O)NC(C)(C)C)c1cccc(C)c1.I. The van der Waals surface area contributed by atoms with Gasteiger partial charge in [-0.25, -0.2) is 0 Å². The third-order valence-corrected chi connectivity index (χ3v) is 3.58. The lowest BCUT2D eigenvalue weighted by molar-refractivity contribution is -0.121. The number of carbonyl (C=O) groups is 1. The van der Waals surface area contributed by atoms with Crippen LogP contribution in [0.2, 0.25) is 0 Å². The van der Waals surface area contributed by atoms with Gasteiger partial charge in [0.15, 0.2) is 5.96 Å². The first-order chi connectivity index (χ1) is 11.7. The molecule has 0 saturated heterocycles. The van der Waals surface area contributed by atoms with Crippen molar-refractivity contribution in [2.45, 2.75) is 40.2 Å². The Balaban J connectivity index is 0.00000625. The first-order valence-corrected chi connectivity index (χ1v) is 8.82. The molecule has 148 valence electrons. The average Bonchev–Trinajstić information content (AvgIpc) is 2.52. The number of benzene rings is 1. The second-order valence-corrected chi connectivity index (χ2v) is 7.07. The molecule has 0 aliphatic rings. The lowest BCUT2D eigenvalue weighted by atomic mass is 10.1. The zero-order valence-electron chi connectivity index (χ0n) is 16.8. The van der Waals surface area contributed by atoms with E-state index >= 15 is 0 Å². The van der Waals surface area contributed by atoms with Crippen LogP contribution < -0.4 is 20.9 Å². The van der Waals surface area contributed by atoms with Crippen LogP contribution in [-0.4, -0.2) is 50.6 Å². The Labute approximate surface area is 175 Å². The quantitative estimate of drug-likeness (QED) is 0.322. The highest BCUT2D eigenvalue weighted by Crippen LogP contribution is 2.14. The molecule has 0 radical (unpaired) electrons. The van der Waals surface area contributed by atoms with Gasteiger partial charge in [0.25, 0.3) is 0 Å². The van der Waals surface area contributed by atoms with E-state index in [1.807, 2.05) is 20.8 Å². The summed E-state index contributed by atoms with van der Waals surface area (Å²) >= 11 is 0. The van der Waals surface area contributed by atoms with Crippen molar-refractivity contribution in [2.24, 2.45) is 4.99 Å². The fourth-order valence-electron chi connectivity index (χ4n) is 2.45. The van der Waals surface area contributed by atoms with Crippen molar-refractivity contribution in [3.63, 3.8) is 0 Å². The van der Waals surface area contributed by atoms with E-state index in [2.05, 4.69) is 64.0 Å². The van der Waals surface area contributed by atoms with Crippen LogP contribution in [0.5, 0.6) is 0 Å². The van der Waals surface area contributed by atoms with E-state index in [1.54, 1.807) is 7.05 Å². The van der Waals surface area contributed by atoms with Gasteiger partial charge in [0.05, 0.1) is 6.54 Å². The number of hydrogen-bond donors (Lipinski definition) is 3. The standard InChI is InChI=1S/C19H33N5O.HI/c1-7-24(16-10-8-9-15(2)13-16)12-11-21-18(20-6)22-14-17(25)23-19(3,4)5;/h8-10,13H,7,11-12,14H2,1-6H3,(H,23,25)(H2,20,21,22);1H. The second-order valence-electron chi connectivity index (χ2n) is 7.07. The van der Waals surface area contributed by atoms with Gasteiger partial charge in [0, 0.05) is 37.9 Å². The number of aliphatic imine (C=N–C) groups is 1. The minimum absolute atomic E-state index is 0. The van der Waals surface area contributed by atoms with Gasteiger partial charge in [-0.2, -0.15) is 0 Å². The highest BCUT2D eigenvalue weighted by atomic mass is 127. The number of likely N-dealkylation sites (N-methyl/N-ethyl adjacent to an activating group) is 1. The molecule has 0 aliphatic carbocycles. The number of carbonyl (C=O) groups excluding carboxylic acids is 1. The van der Waals surface area contributed by atoms with Gasteiger partial charge in [-0.05, 0) is 52.3 Å². The maximum absolute atomic E-state index is 11.9. The van der Waals surface area contributed by atoms with E-state index in [1.165, 1.54) is 11.3 Å². The van der Waals surface area contributed by atoms with Gasteiger partial charge in [-0.1, -0.05) is 12.1 Å². The predicted molar refractivity (Wildman–Crippen MR) is 122 cm³/mol. The number of nitrogens with one attached hydrogen (secondary N) is 3. The number of guanidine groups is 1. The number of nitrogens with zero attached hydrogens (tertiary/aromatic N) is 2. The average molecular weight is 475 g/mol. The molecule has 1 rings (SSSR count). The lowest BCUT2D eigenvalue weighted by Crippen LogP contribution is -2.49. The molecule has 0 unspecified atom stereocenters. The molecule has 0 bridgehead atoms. The first kappa shape index (κ1) is 24.5. The molecule has 1 amide bonds. The molecule has 0 saturated carbocycles. The third-order valence-electron chi connectivity index (χ3n) is 3.58. The summed E-state index contributed by atoms with van der Waals surface area (Å²) in [6.07, 6.45) is 0. The van der Waals surface area contributed by atoms with Crippen LogP contribution in [0.25, 0.3) is 0 Å². The van der Waals surface area contributed by atoms with Crippen LogP contribution >= 0.6 is 24.0 Å². The summed E-state index contributed by atoms with van der Waals surface area (Å²) in [5.41, 5.74) is 2.24. The van der Waals surface area contributed by atoms with Gasteiger partial charge in [-0.15, -0.1) is 24.0 Å². The van der Waals surface area contributed by atoms with Crippen LogP contribution in [0, 0.1) is 6.92 Å². The summed E-state index contributed by atoms with van der Waals surface area (Å²) in [5.74, 6) is 0.578. The van der Waals surface area contributed by atoms with Crippen LogP contribution in [0.3, 0.4) is 0 Å². The predicted octanol–water partition coefficient (Wildman–Crippen LogP) is 2.52. The minimum Gasteiger partial charge on any atom is -0.370 e. The molecule has 7 heteroatoms. The fourth-order valence-corrected chi connectivity index (χ4v) is 2.45. The molecule has 0 spiro atoms. The largest absolute Gasteiger partial charge is 0.370 e. The molecule has 0 aliphatic heterocycles. The van der Waals surface area contributed by atoms with Crippen molar-refractivity contribution < 1.29 is 4.79 Å². The van der Waals surface area contributed by atoms with Gasteiger partial charge in [0.2, 0.25) is 5.91 Å². The van der Waals surface area contributed by atoms with E-state index in [4.69, 9.17) is 0 Å². The molecule has 0 atom stereocenters. The summed E-state index contributed by atoms with van der Waals surface area (Å²) in [5, 5.41) is 9.21. The minimum atomic E-state index is -0.231. The molecule has 0 fully saturated rings. The second kappa shape index (κ2) is 12.0. The number of aryl methyl sites for hydroxylation is 1. The maximum Gasteiger partial charge on any atom is 0.239 e. The van der Waals surface area contributed by atoms with Gasteiger partial charge >= 0.3 is 0 Å². The number of halogens is 1. The van der Waals surface area contributed by atoms with Crippen molar-refractivity contribution in [1.29, 1.82) is 0 Å². The van der Waals surface area contributed by atoms with Gasteiger partial charge in [-0.3, -0.25) is 9.79 Å². The Kier molecular flexibility index (Phi) is 11.3. The third kappa shape index (κ3) is 9.84. The van der Waals surface area contributed by atoms with E-state index in [9.17, 15) is 4.79 Å². The Hall–Kier alpha value is -1.51. The molecule has 1 aromatic carbocycles. The van der Waals surface area contributed by atoms with Crippen LogP contribution in [-0.2, 0) is 4.79 Å². The highest BCUT2D eigenvalue weighted by Gasteiger charge is 2.13. The van der Waals surface area contributed by atoms with Crippen LogP contribution in [0.15, 0.2) is 29.3 Å². The number of rotatable bonds is 7. The van der Waals surface area contributed by atoms with Gasteiger partial charge in [0.1, 0.15) is 0 Å². The normalized spacial score (nSPS) is 11.4. The number of anilines is 1. The lowest BCUT2D eigenvalue weighted by Gasteiger charge is -2.24.